The van der Waals surface area contributed by atoms with E-state index in [0.29, 0.717) is 6.04 Å². The first-order chi connectivity index (χ1) is 10.3. The minimum absolute atomic E-state index is 0.368. The van der Waals surface area contributed by atoms with Gasteiger partial charge in [0, 0.05) is 31.4 Å². The monoisotopic (exact) mass is 301 g/mol. The molecule has 3 rings (SSSR count). The van der Waals surface area contributed by atoms with Crippen LogP contribution >= 0.6 is 11.8 Å². The van der Waals surface area contributed by atoms with Crippen molar-refractivity contribution in [2.24, 2.45) is 4.99 Å². The molecule has 1 atom stereocenters. The summed E-state index contributed by atoms with van der Waals surface area (Å²) >= 11 is 1.76. The first-order valence-electron chi connectivity index (χ1n) is 7.78. The number of thioether (sulfide) groups is 1. The zero-order chi connectivity index (χ0) is 14.7. The Morgan fingerprint density at radius 3 is 2.90 bits per heavy atom. The molecule has 0 spiro atoms. The van der Waals surface area contributed by atoms with E-state index in [-0.39, 0.29) is 0 Å². The Morgan fingerprint density at radius 1 is 1.33 bits per heavy atom. The summed E-state index contributed by atoms with van der Waals surface area (Å²) in [7, 11) is 0. The van der Waals surface area contributed by atoms with Gasteiger partial charge in [-0.2, -0.15) is 0 Å². The molecule has 0 saturated heterocycles. The lowest BCUT2D eigenvalue weighted by Gasteiger charge is -2.26. The predicted molar refractivity (Wildman–Crippen MR) is 91.5 cm³/mol. The SMILES string of the molecule is CCc1ccc(C(C)NCC2=CSC3=NCCCN23)cc1. The number of amidine groups is 1. The van der Waals surface area contributed by atoms with Gasteiger partial charge in [-0.1, -0.05) is 43.0 Å². The molecule has 0 aliphatic carbocycles. The number of nitrogens with one attached hydrogen (secondary N) is 1. The third-order valence-corrected chi connectivity index (χ3v) is 5.09. The molecule has 2 heterocycles. The van der Waals surface area contributed by atoms with E-state index in [4.69, 9.17) is 0 Å². The predicted octanol–water partition coefficient (Wildman–Crippen LogP) is 3.55. The van der Waals surface area contributed by atoms with Crippen molar-refractivity contribution in [2.45, 2.75) is 32.7 Å². The van der Waals surface area contributed by atoms with Crippen molar-refractivity contribution < 1.29 is 0 Å². The average molecular weight is 301 g/mol. The van der Waals surface area contributed by atoms with Crippen LogP contribution < -0.4 is 5.32 Å². The van der Waals surface area contributed by atoms with Gasteiger partial charge in [-0.15, -0.1) is 0 Å². The normalized spacial score (nSPS) is 19.0. The third kappa shape index (κ3) is 3.33. The second kappa shape index (κ2) is 6.67. The zero-order valence-corrected chi connectivity index (χ0v) is 13.6. The number of hydrogen-bond acceptors (Lipinski definition) is 4. The van der Waals surface area contributed by atoms with Crippen molar-refractivity contribution in [3.63, 3.8) is 0 Å². The zero-order valence-electron chi connectivity index (χ0n) is 12.8. The molecular formula is C17H23N3S. The van der Waals surface area contributed by atoms with Crippen LogP contribution in [0.15, 0.2) is 40.4 Å². The lowest BCUT2D eigenvalue weighted by Crippen LogP contribution is -2.34. The quantitative estimate of drug-likeness (QED) is 0.901. The van der Waals surface area contributed by atoms with Gasteiger partial charge >= 0.3 is 0 Å². The van der Waals surface area contributed by atoms with Crippen molar-refractivity contribution in [2.75, 3.05) is 19.6 Å². The molecule has 2 aliphatic rings. The maximum absolute atomic E-state index is 4.57. The van der Waals surface area contributed by atoms with Gasteiger partial charge in [0.25, 0.3) is 0 Å². The fraction of sp³-hybridized carbons (Fsp3) is 0.471. The van der Waals surface area contributed by atoms with E-state index in [9.17, 15) is 0 Å². The van der Waals surface area contributed by atoms with Crippen LogP contribution in [0.25, 0.3) is 0 Å². The molecule has 0 saturated carbocycles. The van der Waals surface area contributed by atoms with Crippen LogP contribution in [0.2, 0.25) is 0 Å². The van der Waals surface area contributed by atoms with Crippen LogP contribution in [0.5, 0.6) is 0 Å². The van der Waals surface area contributed by atoms with E-state index in [1.807, 2.05) is 0 Å². The van der Waals surface area contributed by atoms with E-state index in [0.717, 1.165) is 32.5 Å². The number of fused-ring (bicyclic) bond motifs is 1. The standard InChI is InChI=1S/C17H23N3S/c1-3-14-5-7-15(8-6-14)13(2)19-11-16-12-21-17-18-9-4-10-20(16)17/h5-8,12-13,19H,3-4,9-11H2,1-2H3. The van der Waals surface area contributed by atoms with Crippen LogP contribution in [0, 0.1) is 0 Å². The molecule has 0 fully saturated rings. The van der Waals surface area contributed by atoms with Crippen LogP contribution in [0.4, 0.5) is 0 Å². The molecule has 4 heteroatoms. The maximum atomic E-state index is 4.57. The van der Waals surface area contributed by atoms with E-state index in [1.165, 1.54) is 22.0 Å². The molecule has 0 radical (unpaired) electrons. The first-order valence-corrected chi connectivity index (χ1v) is 8.66. The Labute approximate surface area is 131 Å². The van der Waals surface area contributed by atoms with Crippen molar-refractivity contribution in [1.82, 2.24) is 10.2 Å². The number of rotatable bonds is 5. The highest BCUT2D eigenvalue weighted by molar-refractivity contribution is 8.16. The minimum atomic E-state index is 0.368. The van der Waals surface area contributed by atoms with Crippen LogP contribution in [-0.2, 0) is 6.42 Å². The second-order valence-corrected chi connectivity index (χ2v) is 6.43. The van der Waals surface area contributed by atoms with Crippen molar-refractivity contribution in [3.05, 3.63) is 46.5 Å². The molecule has 21 heavy (non-hydrogen) atoms. The summed E-state index contributed by atoms with van der Waals surface area (Å²) in [5.74, 6) is 0. The Balaban J connectivity index is 1.57. The third-order valence-electron chi connectivity index (χ3n) is 4.14. The number of aryl methyl sites for hydroxylation is 1. The van der Waals surface area contributed by atoms with Crippen molar-refractivity contribution in [1.29, 1.82) is 0 Å². The Hall–Kier alpha value is -1.26. The molecule has 1 aromatic carbocycles. The summed E-state index contributed by atoms with van der Waals surface area (Å²) < 4.78 is 0. The average Bonchev–Trinajstić information content (AvgIpc) is 2.96. The summed E-state index contributed by atoms with van der Waals surface area (Å²) in [5.41, 5.74) is 4.11. The summed E-state index contributed by atoms with van der Waals surface area (Å²) in [5, 5.41) is 7.05. The summed E-state index contributed by atoms with van der Waals surface area (Å²) in [6.07, 6.45) is 2.26. The minimum Gasteiger partial charge on any atom is -0.323 e. The van der Waals surface area contributed by atoms with Crippen LogP contribution in [-0.4, -0.2) is 29.7 Å². The van der Waals surface area contributed by atoms with Gasteiger partial charge in [-0.3, -0.25) is 4.99 Å². The fourth-order valence-corrected chi connectivity index (χ4v) is 3.64. The molecule has 1 N–H and O–H groups in total. The second-order valence-electron chi connectivity index (χ2n) is 5.59. The van der Waals surface area contributed by atoms with Gasteiger partial charge in [0.1, 0.15) is 0 Å². The summed E-state index contributed by atoms with van der Waals surface area (Å²) in [6, 6.07) is 9.30. The molecule has 0 bridgehead atoms. The largest absolute Gasteiger partial charge is 0.323 e. The van der Waals surface area contributed by atoms with Gasteiger partial charge in [-0.25, -0.2) is 0 Å². The molecule has 3 nitrogen and oxygen atoms in total. The van der Waals surface area contributed by atoms with Crippen molar-refractivity contribution >= 4 is 16.9 Å². The smallest absolute Gasteiger partial charge is 0.167 e. The van der Waals surface area contributed by atoms with E-state index < -0.39 is 0 Å². The molecule has 1 unspecified atom stereocenters. The Kier molecular flexibility index (Phi) is 4.66. The molecule has 1 aromatic rings. The van der Waals surface area contributed by atoms with Crippen molar-refractivity contribution in [3.8, 4) is 0 Å². The lowest BCUT2D eigenvalue weighted by molar-refractivity contribution is 0.457. The van der Waals surface area contributed by atoms with E-state index in [1.54, 1.807) is 11.8 Å². The number of nitrogens with zero attached hydrogens (tertiary/aromatic N) is 2. The van der Waals surface area contributed by atoms with E-state index >= 15 is 0 Å². The van der Waals surface area contributed by atoms with Gasteiger partial charge in [0.05, 0.1) is 0 Å². The summed E-state index contributed by atoms with van der Waals surface area (Å²) in [4.78, 5) is 6.93. The highest BCUT2D eigenvalue weighted by Gasteiger charge is 2.24. The molecule has 2 aliphatic heterocycles. The van der Waals surface area contributed by atoms with E-state index in [2.05, 4.69) is 58.7 Å². The molecule has 0 amide bonds. The van der Waals surface area contributed by atoms with Crippen LogP contribution in [0.1, 0.15) is 37.4 Å². The lowest BCUT2D eigenvalue weighted by atomic mass is 10.0. The van der Waals surface area contributed by atoms with Gasteiger partial charge in [0.2, 0.25) is 0 Å². The van der Waals surface area contributed by atoms with Gasteiger partial charge < -0.3 is 10.2 Å². The highest BCUT2D eigenvalue weighted by atomic mass is 32.2. The maximum Gasteiger partial charge on any atom is 0.167 e. The Bertz CT molecular complexity index is 548. The number of hydrogen-bond donors (Lipinski definition) is 1. The van der Waals surface area contributed by atoms with Crippen LogP contribution in [0.3, 0.4) is 0 Å². The first kappa shape index (κ1) is 14.7. The Morgan fingerprint density at radius 2 is 2.14 bits per heavy atom. The fourth-order valence-electron chi connectivity index (χ4n) is 2.69. The highest BCUT2D eigenvalue weighted by Crippen LogP contribution is 2.28. The molecular weight excluding hydrogens is 278 g/mol. The number of benzene rings is 1. The number of aliphatic imine (C=N–C) groups is 1. The topological polar surface area (TPSA) is 27.6 Å². The molecule has 0 aromatic heterocycles. The molecule has 112 valence electrons. The van der Waals surface area contributed by atoms with Gasteiger partial charge in [0.15, 0.2) is 5.17 Å². The van der Waals surface area contributed by atoms with Gasteiger partial charge in [-0.05, 0) is 36.3 Å². The summed E-state index contributed by atoms with van der Waals surface area (Å²) in [6.45, 7) is 7.42.